The molecule has 0 saturated heterocycles. The van der Waals surface area contributed by atoms with E-state index in [0.29, 0.717) is 18.8 Å². The number of hydrogen-bond acceptors (Lipinski definition) is 2. The molecule has 0 heterocycles. The third-order valence-corrected chi connectivity index (χ3v) is 4.46. The average molecular weight is 340 g/mol. The van der Waals surface area contributed by atoms with Gasteiger partial charge in [-0.3, -0.25) is 0 Å². The molecule has 0 aliphatic heterocycles. The van der Waals surface area contributed by atoms with E-state index in [1.54, 1.807) is 0 Å². The second-order valence-corrected chi connectivity index (χ2v) is 6.59. The first-order valence-corrected chi connectivity index (χ1v) is 8.68. The summed E-state index contributed by atoms with van der Waals surface area (Å²) in [5.74, 6) is 0. The van der Waals surface area contributed by atoms with Crippen molar-refractivity contribution in [2.24, 2.45) is 0 Å². The molecule has 1 aromatic rings. The first kappa shape index (κ1) is 16.0. The van der Waals surface area contributed by atoms with E-state index in [9.17, 15) is 0 Å². The van der Waals surface area contributed by atoms with Crippen molar-refractivity contribution < 1.29 is 4.74 Å². The largest absolute Gasteiger partial charge is 0.372 e. The van der Waals surface area contributed by atoms with Gasteiger partial charge in [-0.2, -0.15) is 0 Å². The Kier molecular flexibility index (Phi) is 7.05. The van der Waals surface area contributed by atoms with Gasteiger partial charge in [0, 0.05) is 10.5 Å². The number of halogens is 1. The molecule has 2 unspecified atom stereocenters. The SMILES string of the molecule is CCCNC1CCCCCC1OCc1cccc(Br)c1. The Morgan fingerprint density at radius 1 is 1.25 bits per heavy atom. The van der Waals surface area contributed by atoms with Crippen molar-refractivity contribution in [3.8, 4) is 0 Å². The van der Waals surface area contributed by atoms with Crippen molar-refractivity contribution in [1.82, 2.24) is 5.32 Å². The minimum absolute atomic E-state index is 0.364. The molecule has 1 saturated carbocycles. The van der Waals surface area contributed by atoms with E-state index >= 15 is 0 Å². The highest BCUT2D eigenvalue weighted by atomic mass is 79.9. The monoisotopic (exact) mass is 339 g/mol. The third kappa shape index (κ3) is 5.19. The molecule has 0 amide bonds. The molecule has 2 rings (SSSR count). The number of ether oxygens (including phenoxy) is 1. The van der Waals surface area contributed by atoms with Gasteiger partial charge in [-0.15, -0.1) is 0 Å². The van der Waals surface area contributed by atoms with Crippen LogP contribution in [0.4, 0.5) is 0 Å². The van der Waals surface area contributed by atoms with Crippen LogP contribution in [0, 0.1) is 0 Å². The van der Waals surface area contributed by atoms with Gasteiger partial charge >= 0.3 is 0 Å². The van der Waals surface area contributed by atoms with E-state index in [1.165, 1.54) is 44.1 Å². The van der Waals surface area contributed by atoms with Gasteiger partial charge in [-0.1, -0.05) is 54.2 Å². The Hall–Kier alpha value is -0.380. The maximum atomic E-state index is 6.23. The van der Waals surface area contributed by atoms with E-state index in [0.717, 1.165) is 11.0 Å². The Balaban J connectivity index is 1.89. The lowest BCUT2D eigenvalue weighted by molar-refractivity contribution is 0.0107. The summed E-state index contributed by atoms with van der Waals surface area (Å²) in [5, 5.41) is 3.67. The number of rotatable bonds is 6. The Bertz CT molecular complexity index is 396. The second-order valence-electron chi connectivity index (χ2n) is 5.68. The molecule has 2 nitrogen and oxygen atoms in total. The summed E-state index contributed by atoms with van der Waals surface area (Å²) < 4.78 is 7.36. The predicted octanol–water partition coefficient (Wildman–Crippen LogP) is 4.67. The number of nitrogens with one attached hydrogen (secondary N) is 1. The average Bonchev–Trinajstić information content (AvgIpc) is 2.68. The molecule has 0 radical (unpaired) electrons. The summed E-state index contributed by atoms with van der Waals surface area (Å²) in [4.78, 5) is 0. The highest BCUT2D eigenvalue weighted by Gasteiger charge is 2.23. The van der Waals surface area contributed by atoms with E-state index in [-0.39, 0.29) is 0 Å². The molecule has 3 heteroatoms. The van der Waals surface area contributed by atoms with Crippen LogP contribution in [-0.2, 0) is 11.3 Å². The predicted molar refractivity (Wildman–Crippen MR) is 87.9 cm³/mol. The van der Waals surface area contributed by atoms with Crippen molar-refractivity contribution in [2.45, 2.75) is 64.2 Å². The maximum absolute atomic E-state index is 6.23. The molecule has 1 aromatic carbocycles. The molecule has 1 aliphatic carbocycles. The normalized spacial score (nSPS) is 23.5. The van der Waals surface area contributed by atoms with Crippen molar-refractivity contribution in [3.05, 3.63) is 34.3 Å². The Morgan fingerprint density at radius 3 is 2.90 bits per heavy atom. The highest BCUT2D eigenvalue weighted by molar-refractivity contribution is 9.10. The van der Waals surface area contributed by atoms with Crippen LogP contribution in [0.1, 0.15) is 51.0 Å². The maximum Gasteiger partial charge on any atom is 0.0732 e. The van der Waals surface area contributed by atoms with Crippen LogP contribution < -0.4 is 5.32 Å². The summed E-state index contributed by atoms with van der Waals surface area (Å²) in [6.07, 6.45) is 7.98. The first-order valence-electron chi connectivity index (χ1n) is 7.89. The first-order chi connectivity index (χ1) is 9.79. The van der Waals surface area contributed by atoms with Gasteiger partial charge in [0.1, 0.15) is 0 Å². The summed E-state index contributed by atoms with van der Waals surface area (Å²) in [7, 11) is 0. The standard InChI is InChI=1S/C17H26BrNO/c1-2-11-19-16-9-4-3-5-10-17(16)20-13-14-7-6-8-15(18)12-14/h6-8,12,16-17,19H,2-5,9-11,13H2,1H3. The lowest BCUT2D eigenvalue weighted by Gasteiger charge is -2.26. The summed E-state index contributed by atoms with van der Waals surface area (Å²) in [6.45, 7) is 4.04. The Morgan fingerprint density at radius 2 is 2.10 bits per heavy atom. The fourth-order valence-electron chi connectivity index (χ4n) is 2.87. The highest BCUT2D eigenvalue weighted by Crippen LogP contribution is 2.22. The molecule has 0 bridgehead atoms. The zero-order valence-corrected chi connectivity index (χ0v) is 14.0. The number of benzene rings is 1. The summed E-state index contributed by atoms with van der Waals surface area (Å²) in [6, 6.07) is 8.94. The van der Waals surface area contributed by atoms with Crippen molar-refractivity contribution in [2.75, 3.05) is 6.54 Å². The number of hydrogen-bond donors (Lipinski definition) is 1. The molecular formula is C17H26BrNO. The van der Waals surface area contributed by atoms with E-state index in [1.807, 2.05) is 0 Å². The van der Waals surface area contributed by atoms with Crippen LogP contribution >= 0.6 is 15.9 Å². The fraction of sp³-hybridized carbons (Fsp3) is 0.647. The minimum atomic E-state index is 0.364. The molecule has 20 heavy (non-hydrogen) atoms. The van der Waals surface area contributed by atoms with E-state index in [4.69, 9.17) is 4.74 Å². The molecule has 1 fully saturated rings. The summed E-state index contributed by atoms with van der Waals surface area (Å²) >= 11 is 3.52. The van der Waals surface area contributed by atoms with E-state index < -0.39 is 0 Å². The van der Waals surface area contributed by atoms with Crippen LogP contribution in [0.15, 0.2) is 28.7 Å². The van der Waals surface area contributed by atoms with Crippen molar-refractivity contribution in [1.29, 1.82) is 0 Å². The van der Waals surface area contributed by atoms with Gasteiger partial charge in [-0.05, 0) is 43.5 Å². The second kappa shape index (κ2) is 8.81. The molecular weight excluding hydrogens is 314 g/mol. The van der Waals surface area contributed by atoms with Gasteiger partial charge in [0.05, 0.1) is 12.7 Å². The van der Waals surface area contributed by atoms with Crippen LogP contribution in [0.5, 0.6) is 0 Å². The van der Waals surface area contributed by atoms with Crippen molar-refractivity contribution in [3.63, 3.8) is 0 Å². The lowest BCUT2D eigenvalue weighted by atomic mass is 10.1. The zero-order chi connectivity index (χ0) is 14.2. The van der Waals surface area contributed by atoms with Crippen LogP contribution in [0.25, 0.3) is 0 Å². The van der Waals surface area contributed by atoms with Crippen LogP contribution in [-0.4, -0.2) is 18.7 Å². The third-order valence-electron chi connectivity index (χ3n) is 3.96. The molecule has 112 valence electrons. The fourth-order valence-corrected chi connectivity index (χ4v) is 3.31. The lowest BCUT2D eigenvalue weighted by Crippen LogP contribution is -2.41. The molecule has 1 aliphatic rings. The summed E-state index contributed by atoms with van der Waals surface area (Å²) in [5.41, 5.74) is 1.25. The quantitative estimate of drug-likeness (QED) is 0.760. The molecule has 2 atom stereocenters. The smallest absolute Gasteiger partial charge is 0.0732 e. The molecule has 0 spiro atoms. The van der Waals surface area contributed by atoms with Gasteiger partial charge in [0.2, 0.25) is 0 Å². The van der Waals surface area contributed by atoms with E-state index in [2.05, 4.69) is 52.4 Å². The zero-order valence-electron chi connectivity index (χ0n) is 12.4. The Labute approximate surface area is 131 Å². The van der Waals surface area contributed by atoms with Gasteiger partial charge in [-0.25, -0.2) is 0 Å². The molecule has 0 aromatic heterocycles. The van der Waals surface area contributed by atoms with Gasteiger partial charge in [0.25, 0.3) is 0 Å². The van der Waals surface area contributed by atoms with Gasteiger partial charge < -0.3 is 10.1 Å². The minimum Gasteiger partial charge on any atom is -0.372 e. The van der Waals surface area contributed by atoms with Crippen LogP contribution in [0.3, 0.4) is 0 Å². The van der Waals surface area contributed by atoms with Crippen LogP contribution in [0.2, 0.25) is 0 Å². The van der Waals surface area contributed by atoms with Crippen molar-refractivity contribution >= 4 is 15.9 Å². The van der Waals surface area contributed by atoms with Gasteiger partial charge in [0.15, 0.2) is 0 Å². The molecule has 1 N–H and O–H groups in total. The topological polar surface area (TPSA) is 21.3 Å².